The Bertz CT molecular complexity index is 898. The van der Waals surface area contributed by atoms with Crippen LogP contribution in [0.2, 0.25) is 0 Å². The van der Waals surface area contributed by atoms with E-state index in [0.717, 1.165) is 37.5 Å². The Morgan fingerprint density at radius 1 is 1.10 bits per heavy atom. The van der Waals surface area contributed by atoms with Gasteiger partial charge in [0.15, 0.2) is 0 Å². The van der Waals surface area contributed by atoms with Gasteiger partial charge in [0.1, 0.15) is 17.9 Å². The molecule has 4 heteroatoms. The van der Waals surface area contributed by atoms with Gasteiger partial charge in [0.05, 0.1) is 0 Å². The predicted octanol–water partition coefficient (Wildman–Crippen LogP) is 4.87. The van der Waals surface area contributed by atoms with E-state index in [2.05, 4.69) is 30.8 Å². The summed E-state index contributed by atoms with van der Waals surface area (Å²) in [6, 6.07) is 1.90. The summed E-state index contributed by atoms with van der Waals surface area (Å²) in [4.78, 5) is 12.3. The van der Waals surface area contributed by atoms with Gasteiger partial charge in [0.25, 0.3) is 0 Å². The number of nitrogens with zero attached hydrogens (tertiary/aromatic N) is 2. The zero-order chi connectivity index (χ0) is 21.9. The summed E-state index contributed by atoms with van der Waals surface area (Å²) in [5, 5.41) is 15.5. The Kier molecular flexibility index (Phi) is 5.13. The number of carbonyl (C=O) groups excluding carboxylic acids is 1. The quantitative estimate of drug-likeness (QED) is 0.692. The second kappa shape index (κ2) is 7.48. The van der Waals surface area contributed by atoms with Crippen LogP contribution in [0.5, 0.6) is 0 Å². The fourth-order valence-corrected chi connectivity index (χ4v) is 8.71. The molecule has 0 bridgehead atoms. The maximum absolute atomic E-state index is 12.3. The third-order valence-electron chi connectivity index (χ3n) is 10.3. The second-order valence-corrected chi connectivity index (χ2v) is 11.7. The molecule has 0 spiro atoms. The lowest BCUT2D eigenvalue weighted by Crippen LogP contribution is -2.56. The first-order chi connectivity index (χ1) is 14.8. The van der Waals surface area contributed by atoms with Crippen molar-refractivity contribution in [3.63, 3.8) is 0 Å². The van der Waals surface area contributed by atoms with Gasteiger partial charge in [-0.25, -0.2) is 0 Å². The van der Waals surface area contributed by atoms with Crippen molar-refractivity contribution in [3.05, 3.63) is 18.5 Å². The Hall–Kier alpha value is -1.60. The van der Waals surface area contributed by atoms with Gasteiger partial charge in [-0.2, -0.15) is 5.10 Å². The molecule has 4 nitrogen and oxygen atoms in total. The number of hydrogen-bond acceptors (Lipinski definition) is 3. The highest BCUT2D eigenvalue weighted by molar-refractivity contribution is 5.79. The van der Waals surface area contributed by atoms with Crippen LogP contribution in [0.25, 0.3) is 0 Å². The van der Waals surface area contributed by atoms with Crippen LogP contribution in [-0.4, -0.2) is 26.3 Å². The summed E-state index contributed by atoms with van der Waals surface area (Å²) in [6.07, 6.45) is 13.6. The summed E-state index contributed by atoms with van der Waals surface area (Å²) in [5.74, 6) is 9.89. The van der Waals surface area contributed by atoms with Crippen LogP contribution in [0.3, 0.4) is 0 Å². The van der Waals surface area contributed by atoms with Crippen LogP contribution in [0, 0.1) is 52.3 Å². The molecule has 8 atom stereocenters. The molecule has 31 heavy (non-hydrogen) atoms. The van der Waals surface area contributed by atoms with Crippen molar-refractivity contribution in [2.45, 2.75) is 90.7 Å². The average Bonchev–Trinajstić information content (AvgIpc) is 3.36. The smallest absolute Gasteiger partial charge is 0.133 e. The molecule has 4 aliphatic rings. The molecule has 1 heterocycles. The molecule has 4 aliphatic carbocycles. The number of Topliss-reactive ketones (excluding diaryl/α,β-unsaturated/α-hetero) is 1. The monoisotopic (exact) mass is 422 g/mol. The molecule has 0 aromatic carbocycles. The van der Waals surface area contributed by atoms with E-state index in [-0.39, 0.29) is 11.3 Å². The van der Waals surface area contributed by atoms with Crippen LogP contribution >= 0.6 is 0 Å². The van der Waals surface area contributed by atoms with E-state index in [9.17, 15) is 9.90 Å². The normalized spacial score (nSPS) is 46.3. The van der Waals surface area contributed by atoms with Crippen LogP contribution in [0.4, 0.5) is 0 Å². The first-order valence-electron chi connectivity index (χ1n) is 12.5. The Labute approximate surface area is 187 Å². The average molecular weight is 423 g/mol. The highest BCUT2D eigenvalue weighted by Gasteiger charge is 2.61. The number of ketones is 1. The number of carbonyl (C=O) groups is 1. The molecule has 168 valence electrons. The van der Waals surface area contributed by atoms with Crippen LogP contribution in [-0.2, 0) is 11.3 Å². The minimum atomic E-state index is -0.847. The third-order valence-corrected chi connectivity index (χ3v) is 10.3. The first kappa shape index (κ1) is 21.3. The standard InChI is InChI=1S/C27H38N2O2/c1-19(30)22-8-9-23-21-7-6-20-18-27(31,11-4-16-29-17-5-15-28-29)14-13-25(20,2)24(21)10-12-26(22,23)3/h5,15,17,20-24,31H,6-10,12-14,16,18H2,1-3H3/t20?,21-,22+,23-,24-,25-,26+,27?/m0/s1. The summed E-state index contributed by atoms with van der Waals surface area (Å²) >= 11 is 0. The molecule has 0 saturated heterocycles. The van der Waals surface area contributed by atoms with E-state index in [4.69, 9.17) is 0 Å². The van der Waals surface area contributed by atoms with Crippen molar-refractivity contribution >= 4 is 5.78 Å². The number of rotatable bonds is 2. The van der Waals surface area contributed by atoms with Gasteiger partial charge in [-0.05, 0) is 105 Å². The van der Waals surface area contributed by atoms with Crippen molar-refractivity contribution in [1.29, 1.82) is 0 Å². The first-order valence-corrected chi connectivity index (χ1v) is 12.5. The largest absolute Gasteiger partial charge is 0.378 e. The summed E-state index contributed by atoms with van der Waals surface area (Å²) in [6.45, 7) is 7.30. The molecule has 0 aliphatic heterocycles. The second-order valence-electron chi connectivity index (χ2n) is 11.7. The molecule has 4 saturated carbocycles. The van der Waals surface area contributed by atoms with E-state index in [1.54, 1.807) is 6.20 Å². The molecule has 1 N–H and O–H groups in total. The summed E-state index contributed by atoms with van der Waals surface area (Å²) in [7, 11) is 0. The molecular weight excluding hydrogens is 384 g/mol. The van der Waals surface area contributed by atoms with E-state index in [1.165, 1.54) is 32.1 Å². The maximum atomic E-state index is 12.3. The van der Waals surface area contributed by atoms with Gasteiger partial charge >= 0.3 is 0 Å². The van der Waals surface area contributed by atoms with Gasteiger partial charge in [0, 0.05) is 18.3 Å². The molecular formula is C27H38N2O2. The van der Waals surface area contributed by atoms with E-state index >= 15 is 0 Å². The van der Waals surface area contributed by atoms with Gasteiger partial charge in [-0.1, -0.05) is 25.7 Å². The Balaban J connectivity index is 1.31. The molecule has 0 radical (unpaired) electrons. The Morgan fingerprint density at radius 3 is 2.65 bits per heavy atom. The molecule has 2 unspecified atom stereocenters. The van der Waals surface area contributed by atoms with Gasteiger partial charge in [-0.15, -0.1) is 0 Å². The zero-order valence-electron chi connectivity index (χ0n) is 19.4. The van der Waals surface area contributed by atoms with E-state index in [1.807, 2.05) is 23.9 Å². The van der Waals surface area contributed by atoms with Crippen LogP contribution < -0.4 is 0 Å². The van der Waals surface area contributed by atoms with E-state index in [0.29, 0.717) is 29.6 Å². The lowest BCUT2D eigenvalue weighted by Gasteiger charge is -2.61. The molecule has 5 rings (SSSR count). The number of aliphatic hydroxyl groups is 1. The summed E-state index contributed by atoms with van der Waals surface area (Å²) < 4.78 is 1.81. The number of aromatic nitrogens is 2. The minimum Gasteiger partial charge on any atom is -0.378 e. The predicted molar refractivity (Wildman–Crippen MR) is 121 cm³/mol. The minimum absolute atomic E-state index is 0.226. The topological polar surface area (TPSA) is 55.1 Å². The summed E-state index contributed by atoms with van der Waals surface area (Å²) in [5.41, 5.74) is -0.307. The highest BCUT2D eigenvalue weighted by atomic mass is 16.3. The number of hydrogen-bond donors (Lipinski definition) is 1. The fourth-order valence-electron chi connectivity index (χ4n) is 8.71. The zero-order valence-corrected chi connectivity index (χ0v) is 19.4. The lowest BCUT2D eigenvalue weighted by atomic mass is 9.44. The molecule has 1 aromatic rings. The van der Waals surface area contributed by atoms with Gasteiger partial charge in [0.2, 0.25) is 0 Å². The molecule has 0 amide bonds. The lowest BCUT2D eigenvalue weighted by molar-refractivity contribution is -0.144. The van der Waals surface area contributed by atoms with Crippen molar-refractivity contribution < 1.29 is 9.90 Å². The molecule has 4 fully saturated rings. The third kappa shape index (κ3) is 3.39. The van der Waals surface area contributed by atoms with Gasteiger partial charge < -0.3 is 5.11 Å². The maximum Gasteiger partial charge on any atom is 0.133 e. The Morgan fingerprint density at radius 2 is 1.90 bits per heavy atom. The van der Waals surface area contributed by atoms with Crippen molar-refractivity contribution in [2.75, 3.05) is 0 Å². The highest BCUT2D eigenvalue weighted by Crippen LogP contribution is 2.68. The fraction of sp³-hybridized carbons (Fsp3) is 0.778. The molecule has 1 aromatic heterocycles. The number of fused-ring (bicyclic) bond motifs is 5. The van der Waals surface area contributed by atoms with E-state index < -0.39 is 5.60 Å². The van der Waals surface area contributed by atoms with Crippen LogP contribution in [0.1, 0.15) is 78.6 Å². The van der Waals surface area contributed by atoms with Crippen molar-refractivity contribution in [2.24, 2.45) is 40.4 Å². The van der Waals surface area contributed by atoms with Crippen molar-refractivity contribution in [3.8, 4) is 11.8 Å². The van der Waals surface area contributed by atoms with Gasteiger partial charge in [-0.3, -0.25) is 9.48 Å². The SMILES string of the molecule is CC(=O)[C@H]1CC[C@H]2[C@@H]3CCC4CC(O)(C#CCn5cccn5)CC[C@]4(C)[C@H]3CC[C@]12C. The van der Waals surface area contributed by atoms with Crippen molar-refractivity contribution in [1.82, 2.24) is 9.78 Å². The van der Waals surface area contributed by atoms with Crippen LogP contribution in [0.15, 0.2) is 18.5 Å².